The second-order valence-corrected chi connectivity index (χ2v) is 10.9. The van der Waals surface area contributed by atoms with Gasteiger partial charge in [-0.05, 0) is 56.9 Å². The normalized spacial score (nSPS) is 11.5. The topological polar surface area (TPSA) is 70.6 Å². The van der Waals surface area contributed by atoms with Gasteiger partial charge in [0.25, 0.3) is 5.91 Å². The van der Waals surface area contributed by atoms with Gasteiger partial charge in [0.05, 0.1) is 20.9 Å². The molecule has 3 aromatic rings. The molecule has 3 rings (SSSR count). The number of aromatic nitrogens is 1. The van der Waals surface area contributed by atoms with Gasteiger partial charge in [0.2, 0.25) is 0 Å². The molecule has 31 heavy (non-hydrogen) atoms. The summed E-state index contributed by atoms with van der Waals surface area (Å²) in [6.45, 7) is 4.54. The van der Waals surface area contributed by atoms with Crippen LogP contribution in [0.3, 0.4) is 0 Å². The third-order valence-corrected chi connectivity index (χ3v) is 7.99. The second-order valence-electron chi connectivity index (χ2n) is 7.21. The van der Waals surface area contributed by atoms with Crippen LogP contribution in [0.1, 0.15) is 22.8 Å². The van der Waals surface area contributed by atoms with E-state index in [2.05, 4.69) is 4.98 Å². The Labute approximate surface area is 198 Å². The summed E-state index contributed by atoms with van der Waals surface area (Å²) in [7, 11) is 0.452. The summed E-state index contributed by atoms with van der Waals surface area (Å²) in [6, 6.07) is 9.92. The molecule has 0 spiro atoms. The van der Waals surface area contributed by atoms with E-state index in [4.69, 9.17) is 11.6 Å². The van der Waals surface area contributed by atoms with Crippen LogP contribution in [0.25, 0.3) is 10.2 Å². The average molecular weight is 502 g/mol. The van der Waals surface area contributed by atoms with E-state index in [1.807, 2.05) is 38.1 Å². The minimum absolute atomic E-state index is 0. The van der Waals surface area contributed by atoms with Crippen LogP contribution in [0.2, 0.25) is 5.02 Å². The minimum atomic E-state index is -3.41. The number of anilines is 1. The van der Waals surface area contributed by atoms with Gasteiger partial charge in [0, 0.05) is 23.7 Å². The molecule has 168 valence electrons. The van der Waals surface area contributed by atoms with Crippen molar-refractivity contribution in [1.29, 1.82) is 0 Å². The SMILES string of the molecule is CCS(=O)(=O)c1cccc(C(=O)N(CCN(C)C)c2nc3c(C)c(Cl)ccc3s2)c1.Cl. The van der Waals surface area contributed by atoms with Crippen LogP contribution >= 0.6 is 35.3 Å². The molecule has 0 saturated carbocycles. The van der Waals surface area contributed by atoms with E-state index in [1.165, 1.54) is 23.5 Å². The third-order valence-electron chi connectivity index (χ3n) is 4.80. The quantitative estimate of drug-likeness (QED) is 0.469. The van der Waals surface area contributed by atoms with Crippen molar-refractivity contribution >= 4 is 66.4 Å². The Hall–Kier alpha value is -1.71. The highest BCUT2D eigenvalue weighted by Gasteiger charge is 2.23. The van der Waals surface area contributed by atoms with Crippen LogP contribution in [0.5, 0.6) is 0 Å². The molecular formula is C21H25Cl2N3O3S2. The summed E-state index contributed by atoms with van der Waals surface area (Å²) in [4.78, 5) is 21.8. The number of benzene rings is 2. The number of nitrogens with zero attached hydrogens (tertiary/aromatic N) is 3. The maximum absolute atomic E-state index is 13.4. The van der Waals surface area contributed by atoms with Crippen molar-refractivity contribution in [1.82, 2.24) is 9.88 Å². The largest absolute Gasteiger partial charge is 0.308 e. The van der Waals surface area contributed by atoms with Crippen molar-refractivity contribution in [3.8, 4) is 0 Å². The van der Waals surface area contributed by atoms with E-state index in [0.29, 0.717) is 28.8 Å². The molecule has 0 radical (unpaired) electrons. The number of rotatable bonds is 7. The molecule has 0 aliphatic rings. The maximum atomic E-state index is 13.4. The Morgan fingerprint density at radius 3 is 2.52 bits per heavy atom. The average Bonchev–Trinajstić information content (AvgIpc) is 3.15. The van der Waals surface area contributed by atoms with Crippen molar-refractivity contribution in [2.24, 2.45) is 0 Å². The fraction of sp³-hybridized carbons (Fsp3) is 0.333. The highest BCUT2D eigenvalue weighted by molar-refractivity contribution is 7.91. The molecule has 1 aromatic heterocycles. The van der Waals surface area contributed by atoms with E-state index < -0.39 is 9.84 Å². The van der Waals surface area contributed by atoms with Crippen LogP contribution in [-0.2, 0) is 9.84 Å². The first-order valence-corrected chi connectivity index (χ1v) is 12.3. The van der Waals surface area contributed by atoms with Crippen molar-refractivity contribution in [3.05, 3.63) is 52.5 Å². The second kappa shape index (κ2) is 10.3. The summed E-state index contributed by atoms with van der Waals surface area (Å²) in [5.74, 6) is -0.305. The zero-order valence-corrected chi connectivity index (χ0v) is 21.0. The van der Waals surface area contributed by atoms with Gasteiger partial charge >= 0.3 is 0 Å². The molecule has 1 amide bonds. The summed E-state index contributed by atoms with van der Waals surface area (Å²) in [6.07, 6.45) is 0. The minimum Gasteiger partial charge on any atom is -0.308 e. The molecular weight excluding hydrogens is 477 g/mol. The highest BCUT2D eigenvalue weighted by Crippen LogP contribution is 2.34. The Bertz CT molecular complexity index is 1190. The predicted molar refractivity (Wildman–Crippen MR) is 131 cm³/mol. The first-order chi connectivity index (χ1) is 14.1. The van der Waals surface area contributed by atoms with E-state index in [-0.39, 0.29) is 29.0 Å². The molecule has 10 heteroatoms. The number of amides is 1. The fourth-order valence-corrected chi connectivity index (χ4v) is 5.06. The van der Waals surface area contributed by atoms with Crippen molar-refractivity contribution in [3.63, 3.8) is 0 Å². The van der Waals surface area contributed by atoms with Crippen molar-refractivity contribution < 1.29 is 13.2 Å². The maximum Gasteiger partial charge on any atom is 0.260 e. The van der Waals surface area contributed by atoms with Crippen molar-refractivity contribution in [2.45, 2.75) is 18.7 Å². The number of fused-ring (bicyclic) bond motifs is 1. The smallest absolute Gasteiger partial charge is 0.260 e. The lowest BCUT2D eigenvalue weighted by Gasteiger charge is -2.22. The molecule has 6 nitrogen and oxygen atoms in total. The van der Waals surface area contributed by atoms with Gasteiger partial charge in [-0.3, -0.25) is 9.69 Å². The number of hydrogen-bond acceptors (Lipinski definition) is 6. The van der Waals surface area contributed by atoms with Crippen LogP contribution in [-0.4, -0.2) is 57.1 Å². The molecule has 0 atom stereocenters. The van der Waals surface area contributed by atoms with Gasteiger partial charge in [-0.15, -0.1) is 12.4 Å². The molecule has 0 aliphatic heterocycles. The first-order valence-electron chi connectivity index (χ1n) is 9.49. The lowest BCUT2D eigenvalue weighted by Crippen LogP contribution is -2.36. The molecule has 0 aliphatic carbocycles. The zero-order chi connectivity index (χ0) is 22.1. The number of likely N-dealkylation sites (N-methyl/N-ethyl adjacent to an activating group) is 1. The third kappa shape index (κ3) is 5.56. The summed E-state index contributed by atoms with van der Waals surface area (Å²) in [5, 5.41) is 1.19. The van der Waals surface area contributed by atoms with Crippen LogP contribution in [0, 0.1) is 6.92 Å². The lowest BCUT2D eigenvalue weighted by molar-refractivity contribution is 0.0985. The lowest BCUT2D eigenvalue weighted by atomic mass is 10.2. The molecule has 0 saturated heterocycles. The van der Waals surface area contributed by atoms with Crippen LogP contribution in [0.15, 0.2) is 41.3 Å². The molecule has 1 heterocycles. The summed E-state index contributed by atoms with van der Waals surface area (Å²) < 4.78 is 25.5. The highest BCUT2D eigenvalue weighted by atomic mass is 35.5. The Kier molecular flexibility index (Phi) is 8.47. The van der Waals surface area contributed by atoms with Crippen LogP contribution in [0.4, 0.5) is 5.13 Å². The van der Waals surface area contributed by atoms with Crippen LogP contribution < -0.4 is 4.90 Å². The van der Waals surface area contributed by atoms with Gasteiger partial charge in [-0.25, -0.2) is 13.4 Å². The molecule has 0 bridgehead atoms. The monoisotopic (exact) mass is 501 g/mol. The van der Waals surface area contributed by atoms with Gasteiger partial charge in [0.15, 0.2) is 15.0 Å². The number of carbonyl (C=O) groups is 1. The molecule has 2 aromatic carbocycles. The fourth-order valence-electron chi connectivity index (χ4n) is 2.93. The van der Waals surface area contributed by atoms with E-state index >= 15 is 0 Å². The number of sulfone groups is 1. The standard InChI is InChI=1S/C21H24ClN3O3S2.ClH/c1-5-30(27,28)16-8-6-7-15(13-16)20(26)25(12-11-24(3)4)21-23-19-14(2)17(22)9-10-18(19)29-21;/h6-10,13H,5,11-12H2,1-4H3;1H. The molecule has 0 unspecified atom stereocenters. The Balaban J connectivity index is 0.00000341. The van der Waals surface area contributed by atoms with Crippen molar-refractivity contribution in [2.75, 3.05) is 37.8 Å². The van der Waals surface area contributed by atoms with E-state index in [1.54, 1.807) is 24.0 Å². The number of halogens is 2. The van der Waals surface area contributed by atoms with Gasteiger partial charge < -0.3 is 4.90 Å². The molecule has 0 fully saturated rings. The number of carbonyl (C=O) groups excluding carboxylic acids is 1. The van der Waals surface area contributed by atoms with Gasteiger partial charge in [-0.1, -0.05) is 35.9 Å². The number of aryl methyl sites for hydroxylation is 1. The summed E-state index contributed by atoms with van der Waals surface area (Å²) >= 11 is 7.65. The van der Waals surface area contributed by atoms with Gasteiger partial charge in [0.1, 0.15) is 0 Å². The zero-order valence-electron chi connectivity index (χ0n) is 17.8. The first kappa shape index (κ1) is 25.5. The molecule has 0 N–H and O–H groups in total. The number of hydrogen-bond donors (Lipinski definition) is 0. The summed E-state index contributed by atoms with van der Waals surface area (Å²) in [5.41, 5.74) is 1.96. The van der Waals surface area contributed by atoms with E-state index in [9.17, 15) is 13.2 Å². The Morgan fingerprint density at radius 2 is 1.87 bits per heavy atom. The van der Waals surface area contributed by atoms with E-state index in [0.717, 1.165) is 15.8 Å². The van der Waals surface area contributed by atoms with Gasteiger partial charge in [-0.2, -0.15) is 0 Å². The predicted octanol–water partition coefficient (Wildman–Crippen LogP) is 4.68. The Morgan fingerprint density at radius 1 is 1.16 bits per heavy atom. The number of thiazole rings is 1.